The molecule has 3 aromatic carbocycles. The van der Waals surface area contributed by atoms with Gasteiger partial charge in [-0.25, -0.2) is 18.4 Å². The Morgan fingerprint density at radius 1 is 0.706 bits per heavy atom. The Morgan fingerprint density at radius 2 is 1.15 bits per heavy atom. The van der Waals surface area contributed by atoms with Gasteiger partial charge in [-0.05, 0) is 48.9 Å². The molecule has 0 bridgehead atoms. The zero-order chi connectivity index (χ0) is 24.1. The van der Waals surface area contributed by atoms with Gasteiger partial charge in [-0.2, -0.15) is 0 Å². The second-order valence-corrected chi connectivity index (χ2v) is 7.93. The Hall–Kier alpha value is -4.46. The summed E-state index contributed by atoms with van der Waals surface area (Å²) in [5.74, 6) is -3.96. The van der Waals surface area contributed by atoms with E-state index in [2.05, 4.69) is 0 Å². The molecule has 0 fully saturated rings. The number of aryl methyl sites for hydroxylation is 1. The van der Waals surface area contributed by atoms with Crippen LogP contribution in [0.1, 0.15) is 28.2 Å². The molecule has 2 N–H and O–H groups in total. The molecule has 0 saturated heterocycles. The lowest BCUT2D eigenvalue weighted by molar-refractivity contribution is 0.441. The summed E-state index contributed by atoms with van der Waals surface area (Å²) in [4.78, 5) is 26.1. The van der Waals surface area contributed by atoms with Crippen LogP contribution in [0.15, 0.2) is 79.1 Å². The third-order valence-electron chi connectivity index (χ3n) is 5.74. The summed E-state index contributed by atoms with van der Waals surface area (Å²) >= 11 is 0. The summed E-state index contributed by atoms with van der Waals surface area (Å²) in [6.07, 6.45) is 0. The molecular formula is C26H16F2O6. The molecule has 34 heavy (non-hydrogen) atoms. The fourth-order valence-corrected chi connectivity index (χ4v) is 4.09. The van der Waals surface area contributed by atoms with Crippen LogP contribution in [0.5, 0.6) is 11.5 Å². The van der Waals surface area contributed by atoms with Crippen molar-refractivity contribution in [2.45, 2.75) is 12.8 Å². The van der Waals surface area contributed by atoms with Crippen LogP contribution in [-0.4, -0.2) is 10.2 Å². The van der Waals surface area contributed by atoms with Crippen molar-refractivity contribution in [3.05, 3.63) is 115 Å². The fourth-order valence-electron chi connectivity index (χ4n) is 4.09. The van der Waals surface area contributed by atoms with E-state index in [4.69, 9.17) is 8.83 Å². The molecule has 5 rings (SSSR count). The molecule has 0 amide bonds. The van der Waals surface area contributed by atoms with Crippen molar-refractivity contribution in [2.75, 3.05) is 0 Å². The Kier molecular flexibility index (Phi) is 4.93. The zero-order valence-electron chi connectivity index (χ0n) is 17.6. The SMILES string of the molecule is Cc1ccc(C(c2c(O)c3cc(F)ccc3oc2=O)c2c(O)c3cc(F)ccc3oc2=O)cc1. The van der Waals surface area contributed by atoms with Crippen LogP contribution in [0.4, 0.5) is 8.78 Å². The summed E-state index contributed by atoms with van der Waals surface area (Å²) in [7, 11) is 0. The number of hydrogen-bond donors (Lipinski definition) is 2. The Morgan fingerprint density at radius 3 is 1.59 bits per heavy atom. The van der Waals surface area contributed by atoms with Crippen molar-refractivity contribution in [1.29, 1.82) is 0 Å². The molecule has 0 spiro atoms. The van der Waals surface area contributed by atoms with Gasteiger partial charge < -0.3 is 19.0 Å². The van der Waals surface area contributed by atoms with Gasteiger partial charge in [-0.3, -0.25) is 0 Å². The molecular weight excluding hydrogens is 446 g/mol. The van der Waals surface area contributed by atoms with Gasteiger partial charge in [0.2, 0.25) is 0 Å². The third-order valence-corrected chi connectivity index (χ3v) is 5.74. The van der Waals surface area contributed by atoms with E-state index < -0.39 is 51.4 Å². The van der Waals surface area contributed by atoms with E-state index in [1.165, 1.54) is 12.1 Å². The highest BCUT2D eigenvalue weighted by Gasteiger charge is 2.32. The highest BCUT2D eigenvalue weighted by atomic mass is 19.1. The number of aromatic hydroxyl groups is 2. The molecule has 8 heteroatoms. The van der Waals surface area contributed by atoms with E-state index in [0.717, 1.165) is 29.8 Å². The van der Waals surface area contributed by atoms with Crippen molar-refractivity contribution in [3.8, 4) is 11.5 Å². The first-order valence-corrected chi connectivity index (χ1v) is 10.2. The zero-order valence-corrected chi connectivity index (χ0v) is 17.6. The van der Waals surface area contributed by atoms with Gasteiger partial charge in [0.15, 0.2) is 0 Å². The molecule has 0 aliphatic rings. The van der Waals surface area contributed by atoms with Gasteiger partial charge in [-0.1, -0.05) is 29.8 Å². The van der Waals surface area contributed by atoms with Crippen molar-refractivity contribution in [1.82, 2.24) is 0 Å². The summed E-state index contributed by atoms with van der Waals surface area (Å²) < 4.78 is 38.4. The maximum atomic E-state index is 13.9. The van der Waals surface area contributed by atoms with Gasteiger partial charge in [0.1, 0.15) is 34.3 Å². The average Bonchev–Trinajstić information content (AvgIpc) is 2.80. The van der Waals surface area contributed by atoms with Gasteiger partial charge in [-0.15, -0.1) is 0 Å². The highest BCUT2D eigenvalue weighted by Crippen LogP contribution is 2.42. The topological polar surface area (TPSA) is 101 Å². The third kappa shape index (κ3) is 3.40. The van der Waals surface area contributed by atoms with E-state index in [0.29, 0.717) is 5.56 Å². The lowest BCUT2D eigenvalue weighted by Crippen LogP contribution is -2.21. The van der Waals surface area contributed by atoms with Gasteiger partial charge in [0.05, 0.1) is 27.8 Å². The molecule has 0 unspecified atom stereocenters. The number of benzene rings is 3. The molecule has 0 aliphatic carbocycles. The Balaban J connectivity index is 1.91. The average molecular weight is 462 g/mol. The fraction of sp³-hybridized carbons (Fsp3) is 0.0769. The molecule has 5 aromatic rings. The van der Waals surface area contributed by atoms with E-state index in [1.807, 2.05) is 6.92 Å². The second kappa shape index (κ2) is 7.84. The number of rotatable bonds is 3. The van der Waals surface area contributed by atoms with E-state index in [9.17, 15) is 28.6 Å². The van der Waals surface area contributed by atoms with Crippen LogP contribution in [0.2, 0.25) is 0 Å². The van der Waals surface area contributed by atoms with Crippen LogP contribution < -0.4 is 11.3 Å². The molecule has 0 radical (unpaired) electrons. The van der Waals surface area contributed by atoms with E-state index in [-0.39, 0.29) is 21.9 Å². The summed E-state index contributed by atoms with van der Waals surface area (Å²) in [5.41, 5.74) is -1.72. The first-order valence-electron chi connectivity index (χ1n) is 10.2. The lowest BCUT2D eigenvalue weighted by atomic mass is 9.84. The van der Waals surface area contributed by atoms with E-state index >= 15 is 0 Å². The molecule has 6 nitrogen and oxygen atoms in total. The van der Waals surface area contributed by atoms with Crippen molar-refractivity contribution < 1.29 is 27.8 Å². The normalized spacial score (nSPS) is 11.5. The summed E-state index contributed by atoms with van der Waals surface area (Å²) in [5, 5.41) is 21.9. The highest BCUT2D eigenvalue weighted by molar-refractivity contribution is 5.87. The van der Waals surface area contributed by atoms with Crippen LogP contribution in [0, 0.1) is 18.6 Å². The van der Waals surface area contributed by atoms with Crippen molar-refractivity contribution >= 4 is 21.9 Å². The van der Waals surface area contributed by atoms with Crippen molar-refractivity contribution in [3.63, 3.8) is 0 Å². The molecule has 2 heterocycles. The number of fused-ring (bicyclic) bond motifs is 2. The minimum absolute atomic E-state index is 0.0628. The summed E-state index contributed by atoms with van der Waals surface area (Å²) in [6, 6.07) is 13.1. The minimum atomic E-state index is -1.37. The lowest BCUT2D eigenvalue weighted by Gasteiger charge is -2.20. The largest absolute Gasteiger partial charge is 0.507 e. The predicted molar refractivity (Wildman–Crippen MR) is 120 cm³/mol. The predicted octanol–water partition coefficient (Wildman–Crippen LogP) is 5.08. The number of halogens is 2. The monoisotopic (exact) mass is 462 g/mol. The van der Waals surface area contributed by atoms with Crippen LogP contribution in [0.3, 0.4) is 0 Å². The van der Waals surface area contributed by atoms with Crippen LogP contribution in [-0.2, 0) is 0 Å². The Labute approximate surface area is 189 Å². The maximum Gasteiger partial charge on any atom is 0.344 e. The van der Waals surface area contributed by atoms with E-state index in [1.54, 1.807) is 24.3 Å². The Bertz CT molecular complexity index is 1600. The molecule has 0 saturated carbocycles. The van der Waals surface area contributed by atoms with Crippen LogP contribution >= 0.6 is 0 Å². The maximum absolute atomic E-state index is 13.9. The van der Waals surface area contributed by atoms with Gasteiger partial charge in [0.25, 0.3) is 0 Å². The minimum Gasteiger partial charge on any atom is -0.507 e. The second-order valence-electron chi connectivity index (χ2n) is 7.93. The van der Waals surface area contributed by atoms with Crippen LogP contribution in [0.25, 0.3) is 21.9 Å². The standard InChI is InChI=1S/C26H16F2O6/c1-12-2-4-13(5-3-12)20(21-23(29)16-10-14(27)6-8-18(16)33-25(21)31)22-24(30)17-11-15(28)7-9-19(17)34-26(22)32/h2-11,20,29-30H,1H3. The quantitative estimate of drug-likeness (QED) is 0.363. The first-order chi connectivity index (χ1) is 16.2. The smallest absolute Gasteiger partial charge is 0.344 e. The molecule has 2 aromatic heterocycles. The number of hydrogen-bond acceptors (Lipinski definition) is 6. The molecule has 170 valence electrons. The summed E-state index contributed by atoms with van der Waals surface area (Å²) in [6.45, 7) is 1.83. The van der Waals surface area contributed by atoms with Gasteiger partial charge >= 0.3 is 11.3 Å². The first kappa shape index (κ1) is 21.4. The van der Waals surface area contributed by atoms with Gasteiger partial charge in [0, 0.05) is 0 Å². The molecule has 0 atom stereocenters. The van der Waals surface area contributed by atoms with Crippen molar-refractivity contribution in [2.24, 2.45) is 0 Å². The molecule has 0 aliphatic heterocycles.